The van der Waals surface area contributed by atoms with Crippen LogP contribution in [0.5, 0.6) is 5.75 Å². The molecule has 2 aliphatic rings. The smallest absolute Gasteiger partial charge is 0.406 e. The van der Waals surface area contributed by atoms with Gasteiger partial charge in [-0.1, -0.05) is 5.21 Å². The molecule has 12 heteroatoms. The Labute approximate surface area is 195 Å². The number of nitrogens with one attached hydrogen (secondary N) is 2. The minimum Gasteiger partial charge on any atom is -0.406 e. The lowest BCUT2D eigenvalue weighted by Crippen LogP contribution is -2.33. The fraction of sp³-hybridized carbons (Fsp3) is 0.217. The molecule has 4 heterocycles. The fourth-order valence-electron chi connectivity index (χ4n) is 4.64. The van der Waals surface area contributed by atoms with Crippen LogP contribution in [0.15, 0.2) is 54.2 Å². The highest BCUT2D eigenvalue weighted by Gasteiger charge is 2.38. The molecular formula is C23H17F3N6O3. The van der Waals surface area contributed by atoms with E-state index >= 15 is 0 Å². The molecule has 6 rings (SSSR count). The van der Waals surface area contributed by atoms with Gasteiger partial charge in [0.2, 0.25) is 0 Å². The highest BCUT2D eigenvalue weighted by atomic mass is 19.4. The van der Waals surface area contributed by atoms with E-state index in [0.717, 1.165) is 11.1 Å². The molecule has 2 N–H and O–H groups in total. The zero-order chi connectivity index (χ0) is 24.3. The highest BCUT2D eigenvalue weighted by molar-refractivity contribution is 6.00. The quantitative estimate of drug-likeness (QED) is 0.465. The average Bonchev–Trinajstić information content (AvgIpc) is 3.58. The second-order valence-corrected chi connectivity index (χ2v) is 8.57. The molecule has 0 saturated carbocycles. The monoisotopic (exact) mass is 482 g/mol. The number of hydrogen-bond donors (Lipinski definition) is 2. The SMILES string of the molecule is O=C(c1cc2ccc(OC(F)(F)F)cc2[nH]1)N1C=C2CN(C(=O)c3ccc4[nH]nnc4c3)C[C@H]2C1. The van der Waals surface area contributed by atoms with E-state index in [9.17, 15) is 22.8 Å². The molecule has 2 amide bonds. The van der Waals surface area contributed by atoms with Crippen molar-refractivity contribution in [1.29, 1.82) is 0 Å². The Hall–Kier alpha value is -4.35. The van der Waals surface area contributed by atoms with Crippen LogP contribution in [-0.2, 0) is 0 Å². The first-order chi connectivity index (χ1) is 16.7. The molecule has 9 nitrogen and oxygen atoms in total. The minimum absolute atomic E-state index is 0.0230. The molecule has 1 fully saturated rings. The maximum Gasteiger partial charge on any atom is 0.573 e. The summed E-state index contributed by atoms with van der Waals surface area (Å²) in [5.41, 5.74) is 3.48. The van der Waals surface area contributed by atoms with Crippen LogP contribution < -0.4 is 4.74 Å². The van der Waals surface area contributed by atoms with E-state index in [1.807, 2.05) is 0 Å². The van der Waals surface area contributed by atoms with Crippen LogP contribution in [0.25, 0.3) is 21.9 Å². The first-order valence-electron chi connectivity index (χ1n) is 10.7. The molecule has 2 aromatic heterocycles. The second kappa shape index (κ2) is 7.58. The Morgan fingerprint density at radius 3 is 2.69 bits per heavy atom. The van der Waals surface area contributed by atoms with Gasteiger partial charge in [0.05, 0.1) is 5.52 Å². The topological polar surface area (TPSA) is 107 Å². The Morgan fingerprint density at radius 1 is 1.03 bits per heavy atom. The molecular weight excluding hydrogens is 465 g/mol. The second-order valence-electron chi connectivity index (χ2n) is 8.57. The number of H-pyrrole nitrogens is 2. The largest absolute Gasteiger partial charge is 0.573 e. The lowest BCUT2D eigenvalue weighted by Gasteiger charge is -2.19. The number of rotatable bonds is 3. The van der Waals surface area contributed by atoms with Crippen molar-refractivity contribution in [2.24, 2.45) is 5.92 Å². The summed E-state index contributed by atoms with van der Waals surface area (Å²) in [4.78, 5) is 32.2. The van der Waals surface area contributed by atoms with Gasteiger partial charge in [0.1, 0.15) is 17.0 Å². The maximum absolute atomic E-state index is 13.0. The van der Waals surface area contributed by atoms with E-state index in [-0.39, 0.29) is 29.2 Å². The number of fused-ring (bicyclic) bond motifs is 3. The van der Waals surface area contributed by atoms with E-state index in [1.54, 1.807) is 40.3 Å². The number of carbonyl (C=O) groups excluding carboxylic acids is 2. The van der Waals surface area contributed by atoms with Crippen LogP contribution in [0.4, 0.5) is 13.2 Å². The number of benzene rings is 2. The van der Waals surface area contributed by atoms with Gasteiger partial charge in [0.15, 0.2) is 0 Å². The molecule has 178 valence electrons. The summed E-state index contributed by atoms with van der Waals surface area (Å²) in [6.07, 6.45) is -3.04. The molecule has 2 aromatic carbocycles. The van der Waals surface area contributed by atoms with Crippen LogP contribution in [0.2, 0.25) is 0 Å². The Balaban J connectivity index is 1.16. The molecule has 0 unspecified atom stereocenters. The van der Waals surface area contributed by atoms with Gasteiger partial charge < -0.3 is 19.5 Å². The van der Waals surface area contributed by atoms with Crippen LogP contribution in [0, 0.1) is 5.92 Å². The Bertz CT molecular complexity index is 1520. The van der Waals surface area contributed by atoms with Crippen LogP contribution in [0.3, 0.4) is 0 Å². The van der Waals surface area contributed by atoms with Crippen LogP contribution >= 0.6 is 0 Å². The highest BCUT2D eigenvalue weighted by Crippen LogP contribution is 2.32. The molecule has 0 bridgehead atoms. The van der Waals surface area contributed by atoms with E-state index < -0.39 is 6.36 Å². The molecule has 2 aliphatic heterocycles. The summed E-state index contributed by atoms with van der Waals surface area (Å²) in [5, 5.41) is 11.0. The number of nitrogens with zero attached hydrogens (tertiary/aromatic N) is 4. The van der Waals surface area contributed by atoms with Gasteiger partial charge in [-0.15, -0.1) is 18.3 Å². The molecule has 0 aliphatic carbocycles. The summed E-state index contributed by atoms with van der Waals surface area (Å²) < 4.78 is 41.4. The van der Waals surface area contributed by atoms with Crippen molar-refractivity contribution < 1.29 is 27.5 Å². The molecule has 0 radical (unpaired) electrons. The normalized spacial score (nSPS) is 17.8. The van der Waals surface area contributed by atoms with E-state index in [1.165, 1.54) is 18.2 Å². The summed E-state index contributed by atoms with van der Waals surface area (Å²) in [6.45, 7) is 1.31. The van der Waals surface area contributed by atoms with Crippen molar-refractivity contribution in [3.8, 4) is 5.75 Å². The zero-order valence-electron chi connectivity index (χ0n) is 18.0. The third-order valence-corrected chi connectivity index (χ3v) is 6.26. The minimum atomic E-state index is -4.80. The zero-order valence-corrected chi connectivity index (χ0v) is 18.0. The van der Waals surface area contributed by atoms with E-state index in [2.05, 4.69) is 25.1 Å². The third-order valence-electron chi connectivity index (χ3n) is 6.26. The molecule has 35 heavy (non-hydrogen) atoms. The van der Waals surface area contributed by atoms with Crippen molar-refractivity contribution in [3.05, 3.63) is 65.5 Å². The van der Waals surface area contributed by atoms with Crippen molar-refractivity contribution in [2.45, 2.75) is 6.36 Å². The standard InChI is InChI=1S/C23H17F3N6O3/c24-23(25,26)35-16-3-1-12-5-20(27-18(12)7-16)22(34)32-10-14-8-31(9-15(14)11-32)21(33)13-2-4-17-19(6-13)29-30-28-17/h1-7,10,15,27H,8-9,11H2,(H,28,29,30)/t15-/m0/s1. The van der Waals surface area contributed by atoms with Crippen LogP contribution in [0.1, 0.15) is 20.8 Å². The average molecular weight is 482 g/mol. The predicted octanol–water partition coefficient (Wildman–Crippen LogP) is 3.45. The number of amides is 2. The lowest BCUT2D eigenvalue weighted by atomic mass is 10.1. The number of alkyl halides is 3. The summed E-state index contributed by atoms with van der Waals surface area (Å²) in [6, 6.07) is 10.6. The number of aromatic amines is 2. The fourth-order valence-corrected chi connectivity index (χ4v) is 4.64. The first kappa shape index (κ1) is 21.2. The number of carbonyl (C=O) groups is 2. The van der Waals surface area contributed by atoms with Gasteiger partial charge >= 0.3 is 6.36 Å². The maximum atomic E-state index is 13.0. The van der Waals surface area contributed by atoms with E-state index in [0.29, 0.717) is 41.6 Å². The Morgan fingerprint density at radius 2 is 1.89 bits per heavy atom. The number of ether oxygens (including phenoxy) is 1. The van der Waals surface area contributed by atoms with Crippen molar-refractivity contribution in [3.63, 3.8) is 0 Å². The summed E-state index contributed by atoms with van der Waals surface area (Å²) in [7, 11) is 0. The van der Waals surface area contributed by atoms with Gasteiger partial charge in [-0.05, 0) is 42.0 Å². The van der Waals surface area contributed by atoms with Gasteiger partial charge in [0, 0.05) is 54.3 Å². The summed E-state index contributed by atoms with van der Waals surface area (Å²) in [5.74, 6) is -0.752. The van der Waals surface area contributed by atoms with Crippen LogP contribution in [-0.4, -0.2) is 68.0 Å². The number of halogens is 3. The molecule has 4 aromatic rings. The number of hydrogen-bond acceptors (Lipinski definition) is 5. The first-order valence-corrected chi connectivity index (χ1v) is 10.7. The lowest BCUT2D eigenvalue weighted by molar-refractivity contribution is -0.274. The van der Waals surface area contributed by atoms with Gasteiger partial charge in [0.25, 0.3) is 11.8 Å². The summed E-state index contributed by atoms with van der Waals surface area (Å²) >= 11 is 0. The number of aromatic nitrogens is 4. The van der Waals surface area contributed by atoms with Gasteiger partial charge in [-0.25, -0.2) is 0 Å². The van der Waals surface area contributed by atoms with Crippen molar-refractivity contribution >= 4 is 33.8 Å². The van der Waals surface area contributed by atoms with E-state index in [4.69, 9.17) is 0 Å². The predicted molar refractivity (Wildman–Crippen MR) is 117 cm³/mol. The third kappa shape index (κ3) is 3.86. The Kier molecular flexibility index (Phi) is 4.59. The van der Waals surface area contributed by atoms with Gasteiger partial charge in [-0.3, -0.25) is 14.7 Å². The number of likely N-dealkylation sites (tertiary alicyclic amines) is 1. The molecule has 0 spiro atoms. The molecule has 1 saturated heterocycles. The van der Waals surface area contributed by atoms with Crippen molar-refractivity contribution in [1.82, 2.24) is 30.2 Å². The van der Waals surface area contributed by atoms with Gasteiger partial charge in [-0.2, -0.15) is 0 Å². The molecule has 1 atom stereocenters. The van der Waals surface area contributed by atoms with Crippen molar-refractivity contribution in [2.75, 3.05) is 19.6 Å².